The molecule has 1 aromatic heterocycles. The van der Waals surface area contributed by atoms with Crippen LogP contribution in [-0.2, 0) is 33.6 Å². The van der Waals surface area contributed by atoms with Crippen LogP contribution in [0.25, 0.3) is 10.8 Å². The molecule has 15 nitrogen and oxygen atoms in total. The number of pyridine rings is 1. The Morgan fingerprint density at radius 2 is 1.81 bits per heavy atom. The number of nitrogens with one attached hydrogen (secondary N) is 3. The molecule has 1 aliphatic heterocycles. The molecule has 3 N–H and O–H groups in total. The zero-order valence-corrected chi connectivity index (χ0v) is 32.3. The Morgan fingerprint density at radius 3 is 2.44 bits per heavy atom. The third-order valence-electron chi connectivity index (χ3n) is 10.7. The first-order chi connectivity index (χ1) is 25.4. The van der Waals surface area contributed by atoms with Crippen molar-refractivity contribution >= 4 is 44.9 Å². The molecule has 294 valence electrons. The molecular weight excluding hydrogens is 719 g/mol. The van der Waals surface area contributed by atoms with Gasteiger partial charge in [-0.3, -0.25) is 14.4 Å². The van der Waals surface area contributed by atoms with E-state index in [2.05, 4.69) is 22.2 Å². The molecule has 0 bridgehead atoms. The molecule has 16 heteroatoms. The largest absolute Gasteiger partial charge is 0.497 e. The van der Waals surface area contributed by atoms with Gasteiger partial charge < -0.3 is 29.7 Å². The van der Waals surface area contributed by atoms with E-state index in [1.807, 2.05) is 22.9 Å². The van der Waals surface area contributed by atoms with Crippen LogP contribution in [0, 0.1) is 11.8 Å². The van der Waals surface area contributed by atoms with E-state index in [0.717, 1.165) is 24.6 Å². The number of carbonyl (C=O) groups excluding carboxylic acids is 4. The average Bonchev–Trinajstić information content (AvgIpc) is 3.98. The third-order valence-corrected chi connectivity index (χ3v) is 11.7. The standard InChI is InChI=1S/C38H51N5O10S/c1-7-25-21-38(25,34(46)42-54(48,49)53-37(5)16-17-37)41-31(44)29-20-27(51-32-28-14-13-26(50-6)19-24(28)15-18-39-32)22-43(29)33(45)30(23-11-9-8-10-12-23)40-35(47)52-36(2,3)4/h7,13-15,18-19,23,25,27,29-30H,1,8-12,16-17,20-22H2,2-6H3,(H,40,47)(H,41,44)(H,42,46)/t25-,27-,29+,30+,38-/m1/s1. The van der Waals surface area contributed by atoms with Crippen molar-refractivity contribution in [1.29, 1.82) is 0 Å². The summed E-state index contributed by atoms with van der Waals surface area (Å²) < 4.78 is 50.1. The highest BCUT2D eigenvalue weighted by molar-refractivity contribution is 7.85. The number of nitrogens with zero attached hydrogens (tertiary/aromatic N) is 2. The van der Waals surface area contributed by atoms with Crippen molar-refractivity contribution in [3.05, 3.63) is 43.1 Å². The van der Waals surface area contributed by atoms with Gasteiger partial charge in [0.2, 0.25) is 17.7 Å². The molecular formula is C38H51N5O10S. The van der Waals surface area contributed by atoms with Crippen LogP contribution >= 0.6 is 0 Å². The SMILES string of the molecule is C=C[C@@H]1C[C@]1(NC(=O)[C@@H]1C[C@@H](Oc2nccc3cc(OC)ccc23)CN1C(=O)[C@@H](NC(=O)OC(C)(C)C)C1CCCCC1)C(=O)NS(=O)(=O)OC1(C)CC1. The van der Waals surface area contributed by atoms with Crippen molar-refractivity contribution in [1.82, 2.24) is 25.2 Å². The first-order valence-electron chi connectivity index (χ1n) is 18.6. The van der Waals surface area contributed by atoms with Crippen molar-refractivity contribution in [3.63, 3.8) is 0 Å². The van der Waals surface area contributed by atoms with Gasteiger partial charge in [-0.25, -0.2) is 18.7 Å². The number of amides is 4. The number of rotatable bonds is 13. The Labute approximate surface area is 316 Å². The second-order valence-corrected chi connectivity index (χ2v) is 17.4. The Bertz CT molecular complexity index is 1900. The van der Waals surface area contributed by atoms with E-state index in [4.69, 9.17) is 18.4 Å². The van der Waals surface area contributed by atoms with E-state index in [0.29, 0.717) is 42.7 Å². The molecule has 6 rings (SSSR count). The number of carbonyl (C=O) groups is 4. The summed E-state index contributed by atoms with van der Waals surface area (Å²) in [5.74, 6) is -1.97. The fourth-order valence-corrected chi connectivity index (χ4v) is 8.58. The summed E-state index contributed by atoms with van der Waals surface area (Å²) in [6, 6.07) is 5.10. The van der Waals surface area contributed by atoms with E-state index >= 15 is 0 Å². The van der Waals surface area contributed by atoms with Crippen LogP contribution in [0.15, 0.2) is 43.1 Å². The molecule has 54 heavy (non-hydrogen) atoms. The van der Waals surface area contributed by atoms with E-state index in [1.165, 1.54) is 11.0 Å². The minimum atomic E-state index is -4.48. The maximum absolute atomic E-state index is 14.7. The summed E-state index contributed by atoms with van der Waals surface area (Å²) in [4.78, 5) is 61.6. The molecule has 2 heterocycles. The van der Waals surface area contributed by atoms with Crippen LogP contribution in [0.4, 0.5) is 4.79 Å². The van der Waals surface area contributed by atoms with Crippen molar-refractivity contribution in [2.45, 2.75) is 120 Å². The number of hydrogen-bond acceptors (Lipinski definition) is 11. The molecule has 0 unspecified atom stereocenters. The van der Waals surface area contributed by atoms with Crippen LogP contribution in [-0.4, -0.2) is 90.7 Å². The number of ether oxygens (including phenoxy) is 3. The molecule has 1 saturated heterocycles. The zero-order valence-electron chi connectivity index (χ0n) is 31.5. The topological polar surface area (TPSA) is 192 Å². The lowest BCUT2D eigenvalue weighted by molar-refractivity contribution is -0.142. The summed E-state index contributed by atoms with van der Waals surface area (Å²) in [5, 5.41) is 7.10. The van der Waals surface area contributed by atoms with Crippen molar-refractivity contribution < 1.29 is 46.0 Å². The first-order valence-corrected chi connectivity index (χ1v) is 20.0. The summed E-state index contributed by atoms with van der Waals surface area (Å²) in [5.41, 5.74) is -3.33. The maximum atomic E-state index is 14.7. The summed E-state index contributed by atoms with van der Waals surface area (Å²) in [7, 11) is -2.91. The van der Waals surface area contributed by atoms with Gasteiger partial charge in [0, 0.05) is 23.9 Å². The highest BCUT2D eigenvalue weighted by atomic mass is 32.2. The molecule has 1 aromatic carbocycles. The summed E-state index contributed by atoms with van der Waals surface area (Å²) in [6.45, 7) is 10.6. The summed E-state index contributed by atoms with van der Waals surface area (Å²) in [6.07, 6.45) is 6.93. The van der Waals surface area contributed by atoms with Crippen LogP contribution in [0.3, 0.4) is 0 Å². The van der Waals surface area contributed by atoms with E-state index < -0.39 is 75.0 Å². The number of likely N-dealkylation sites (tertiary alicyclic amines) is 1. The van der Waals surface area contributed by atoms with Gasteiger partial charge in [0.15, 0.2) is 0 Å². The quantitative estimate of drug-likeness (QED) is 0.249. The van der Waals surface area contributed by atoms with Gasteiger partial charge in [-0.15, -0.1) is 6.58 Å². The zero-order chi connectivity index (χ0) is 39.1. The second kappa shape index (κ2) is 15.0. The van der Waals surface area contributed by atoms with Gasteiger partial charge in [-0.1, -0.05) is 25.3 Å². The van der Waals surface area contributed by atoms with Crippen LogP contribution in [0.2, 0.25) is 0 Å². The number of benzene rings is 1. The lowest BCUT2D eigenvalue weighted by atomic mass is 9.83. The van der Waals surface area contributed by atoms with Crippen molar-refractivity contribution in [2.75, 3.05) is 13.7 Å². The highest BCUT2D eigenvalue weighted by Crippen LogP contribution is 2.46. The second-order valence-electron chi connectivity index (χ2n) is 16.1. The van der Waals surface area contributed by atoms with Gasteiger partial charge in [0.1, 0.15) is 35.1 Å². The number of methoxy groups -OCH3 is 1. The van der Waals surface area contributed by atoms with Crippen LogP contribution in [0.1, 0.15) is 85.5 Å². The van der Waals surface area contributed by atoms with E-state index in [-0.39, 0.29) is 25.3 Å². The van der Waals surface area contributed by atoms with E-state index in [9.17, 15) is 27.6 Å². The predicted molar refractivity (Wildman–Crippen MR) is 198 cm³/mol. The first kappa shape index (κ1) is 39.3. The normalized spacial score (nSPS) is 25.6. The molecule has 4 amide bonds. The van der Waals surface area contributed by atoms with Crippen LogP contribution in [0.5, 0.6) is 11.6 Å². The average molecular weight is 770 g/mol. The molecule has 4 aliphatic rings. The minimum absolute atomic E-state index is 0.0197. The van der Waals surface area contributed by atoms with Gasteiger partial charge >= 0.3 is 16.4 Å². The Hall–Kier alpha value is -4.44. The predicted octanol–water partition coefficient (Wildman–Crippen LogP) is 4.06. The van der Waals surface area contributed by atoms with Gasteiger partial charge in [-0.2, -0.15) is 8.42 Å². The van der Waals surface area contributed by atoms with E-state index in [1.54, 1.807) is 47.1 Å². The number of fused-ring (bicyclic) bond motifs is 1. The summed E-state index contributed by atoms with van der Waals surface area (Å²) >= 11 is 0. The van der Waals surface area contributed by atoms with Crippen molar-refractivity contribution in [3.8, 4) is 11.6 Å². The van der Waals surface area contributed by atoms with Gasteiger partial charge in [-0.05, 0) is 95.4 Å². The smallest absolute Gasteiger partial charge is 0.408 e. The highest BCUT2D eigenvalue weighted by Gasteiger charge is 2.62. The monoisotopic (exact) mass is 769 g/mol. The van der Waals surface area contributed by atoms with Crippen molar-refractivity contribution in [2.24, 2.45) is 11.8 Å². The Morgan fingerprint density at radius 1 is 1.09 bits per heavy atom. The fraction of sp³-hybridized carbons (Fsp3) is 0.605. The lowest BCUT2D eigenvalue weighted by Gasteiger charge is -2.35. The number of alkyl carbamates (subject to hydrolysis) is 1. The van der Waals surface area contributed by atoms with Gasteiger partial charge in [0.25, 0.3) is 5.91 Å². The molecule has 5 atom stereocenters. The molecule has 2 aromatic rings. The molecule has 4 fully saturated rings. The molecule has 3 saturated carbocycles. The van der Waals surface area contributed by atoms with Gasteiger partial charge in [0.05, 0.1) is 19.3 Å². The minimum Gasteiger partial charge on any atom is -0.497 e. The Kier molecular flexibility index (Phi) is 10.9. The Balaban J connectivity index is 1.29. The fourth-order valence-electron chi connectivity index (χ4n) is 7.43. The lowest BCUT2D eigenvalue weighted by Crippen LogP contribution is -2.59. The number of hydrogen-bond donors (Lipinski definition) is 3. The number of aromatic nitrogens is 1. The molecule has 0 radical (unpaired) electrons. The molecule has 3 aliphatic carbocycles. The van der Waals surface area contributed by atoms with Crippen LogP contribution < -0.4 is 24.8 Å². The molecule has 0 spiro atoms. The maximum Gasteiger partial charge on any atom is 0.408 e. The third kappa shape index (κ3) is 8.91.